The Morgan fingerprint density at radius 1 is 1.44 bits per heavy atom. The van der Waals surface area contributed by atoms with Gasteiger partial charge in [0, 0.05) is 22.3 Å². The van der Waals surface area contributed by atoms with E-state index in [0.29, 0.717) is 17.8 Å². The molecule has 0 bridgehead atoms. The highest BCUT2D eigenvalue weighted by molar-refractivity contribution is 9.10. The molecule has 1 aromatic rings. The molecule has 4 nitrogen and oxygen atoms in total. The molecule has 0 heterocycles. The number of amides is 1. The van der Waals surface area contributed by atoms with Crippen molar-refractivity contribution in [2.24, 2.45) is 0 Å². The lowest BCUT2D eigenvalue weighted by Crippen LogP contribution is -2.27. The number of carbonyl (C=O) groups is 1. The first-order valence-corrected chi connectivity index (χ1v) is 6.69. The third kappa shape index (κ3) is 4.31. The van der Waals surface area contributed by atoms with E-state index >= 15 is 0 Å². The van der Waals surface area contributed by atoms with Gasteiger partial charge in [-0.05, 0) is 51.7 Å². The normalized spacial score (nSPS) is 10.7. The molecule has 0 saturated heterocycles. The number of hydrogen-bond acceptors (Lipinski definition) is 3. The molecule has 0 unspecified atom stereocenters. The quantitative estimate of drug-likeness (QED) is 0.646. The monoisotopic (exact) mass is 313 g/mol. The Morgan fingerprint density at radius 3 is 2.72 bits per heavy atom. The maximum absolute atomic E-state index is 12.0. The van der Waals surface area contributed by atoms with Crippen LogP contribution >= 0.6 is 15.9 Å². The fourth-order valence-corrected chi connectivity index (χ4v) is 2.10. The highest BCUT2D eigenvalue weighted by Gasteiger charge is 2.11. The molecule has 100 valence electrons. The molecule has 1 amide bonds. The SMILES string of the molecule is Cc1c(N)cc(Br)cc1C(=O)NCCCN(C)C. The summed E-state index contributed by atoms with van der Waals surface area (Å²) in [4.78, 5) is 14.1. The maximum atomic E-state index is 12.0. The number of hydrogen-bond donors (Lipinski definition) is 2. The molecule has 0 aliphatic heterocycles. The zero-order valence-corrected chi connectivity index (χ0v) is 12.7. The Balaban J connectivity index is 2.62. The van der Waals surface area contributed by atoms with Crippen LogP contribution in [0.3, 0.4) is 0 Å². The van der Waals surface area contributed by atoms with E-state index in [1.807, 2.05) is 21.0 Å². The van der Waals surface area contributed by atoms with Crippen molar-refractivity contribution in [1.82, 2.24) is 10.2 Å². The summed E-state index contributed by atoms with van der Waals surface area (Å²) in [5.41, 5.74) is 7.92. The number of nitrogens with two attached hydrogens (primary N) is 1. The lowest BCUT2D eigenvalue weighted by atomic mass is 10.1. The van der Waals surface area contributed by atoms with Crippen molar-refractivity contribution < 1.29 is 4.79 Å². The Labute approximate surface area is 117 Å². The second kappa shape index (κ2) is 6.75. The molecule has 0 fully saturated rings. The van der Waals surface area contributed by atoms with Gasteiger partial charge in [-0.25, -0.2) is 0 Å². The number of benzene rings is 1. The third-order valence-corrected chi connectivity index (χ3v) is 3.18. The molecular formula is C13H20BrN3O. The van der Waals surface area contributed by atoms with Crippen molar-refractivity contribution in [3.8, 4) is 0 Å². The summed E-state index contributed by atoms with van der Waals surface area (Å²) < 4.78 is 0.823. The van der Waals surface area contributed by atoms with Gasteiger partial charge in [0.1, 0.15) is 0 Å². The smallest absolute Gasteiger partial charge is 0.251 e. The van der Waals surface area contributed by atoms with Crippen molar-refractivity contribution >= 4 is 27.5 Å². The van der Waals surface area contributed by atoms with Crippen LogP contribution in [0.5, 0.6) is 0 Å². The minimum absolute atomic E-state index is 0.0701. The minimum atomic E-state index is -0.0701. The van der Waals surface area contributed by atoms with Crippen LogP contribution in [0, 0.1) is 6.92 Å². The van der Waals surface area contributed by atoms with Gasteiger partial charge in [0.15, 0.2) is 0 Å². The van der Waals surface area contributed by atoms with E-state index in [-0.39, 0.29) is 5.91 Å². The Kier molecular flexibility index (Phi) is 5.62. The van der Waals surface area contributed by atoms with Gasteiger partial charge in [-0.15, -0.1) is 0 Å². The van der Waals surface area contributed by atoms with Gasteiger partial charge in [0.25, 0.3) is 5.91 Å². The number of anilines is 1. The van der Waals surface area contributed by atoms with Crippen LogP contribution in [0.1, 0.15) is 22.3 Å². The first-order valence-electron chi connectivity index (χ1n) is 5.90. The summed E-state index contributed by atoms with van der Waals surface area (Å²) in [5.74, 6) is -0.0701. The van der Waals surface area contributed by atoms with Crippen LogP contribution in [-0.4, -0.2) is 38.0 Å². The van der Waals surface area contributed by atoms with Crippen LogP contribution in [-0.2, 0) is 0 Å². The van der Waals surface area contributed by atoms with Gasteiger partial charge >= 0.3 is 0 Å². The molecule has 0 aliphatic rings. The second-order valence-corrected chi connectivity index (χ2v) is 5.50. The fourth-order valence-electron chi connectivity index (χ4n) is 1.63. The number of carbonyl (C=O) groups excluding carboxylic acids is 1. The van der Waals surface area contributed by atoms with Crippen LogP contribution in [0.2, 0.25) is 0 Å². The molecule has 18 heavy (non-hydrogen) atoms. The van der Waals surface area contributed by atoms with Crippen molar-refractivity contribution in [3.63, 3.8) is 0 Å². The van der Waals surface area contributed by atoms with Gasteiger partial charge in [-0.1, -0.05) is 15.9 Å². The molecular weight excluding hydrogens is 294 g/mol. The molecule has 0 spiro atoms. The zero-order chi connectivity index (χ0) is 13.7. The number of nitrogens with one attached hydrogen (secondary N) is 1. The summed E-state index contributed by atoms with van der Waals surface area (Å²) in [6.45, 7) is 3.49. The second-order valence-electron chi connectivity index (χ2n) is 4.58. The van der Waals surface area contributed by atoms with Gasteiger partial charge in [0.2, 0.25) is 0 Å². The molecule has 0 aliphatic carbocycles. The lowest BCUT2D eigenvalue weighted by molar-refractivity contribution is 0.0951. The van der Waals surface area contributed by atoms with Crippen LogP contribution < -0.4 is 11.1 Å². The van der Waals surface area contributed by atoms with Crippen molar-refractivity contribution in [2.75, 3.05) is 32.9 Å². The van der Waals surface area contributed by atoms with E-state index in [0.717, 1.165) is 23.0 Å². The highest BCUT2D eigenvalue weighted by atomic mass is 79.9. The standard InChI is InChI=1S/C13H20BrN3O/c1-9-11(7-10(14)8-12(9)15)13(18)16-5-4-6-17(2)3/h7-8H,4-6,15H2,1-3H3,(H,16,18). The first kappa shape index (κ1) is 15.0. The average molecular weight is 314 g/mol. The minimum Gasteiger partial charge on any atom is -0.398 e. The molecule has 1 rings (SSSR count). The van der Waals surface area contributed by atoms with Crippen LogP contribution in [0.25, 0.3) is 0 Å². The summed E-state index contributed by atoms with van der Waals surface area (Å²) in [5, 5.41) is 2.91. The predicted molar refractivity (Wildman–Crippen MR) is 78.8 cm³/mol. The molecule has 0 saturated carbocycles. The fraction of sp³-hybridized carbons (Fsp3) is 0.462. The number of nitrogen functional groups attached to an aromatic ring is 1. The van der Waals surface area contributed by atoms with E-state index in [2.05, 4.69) is 26.1 Å². The van der Waals surface area contributed by atoms with E-state index in [4.69, 9.17) is 5.73 Å². The van der Waals surface area contributed by atoms with Crippen molar-refractivity contribution in [2.45, 2.75) is 13.3 Å². The van der Waals surface area contributed by atoms with Crippen molar-refractivity contribution in [3.05, 3.63) is 27.7 Å². The van der Waals surface area contributed by atoms with Crippen LogP contribution in [0.15, 0.2) is 16.6 Å². The Morgan fingerprint density at radius 2 is 2.11 bits per heavy atom. The molecule has 1 aromatic carbocycles. The largest absolute Gasteiger partial charge is 0.398 e. The van der Waals surface area contributed by atoms with Gasteiger partial charge in [0.05, 0.1) is 0 Å². The Hall–Kier alpha value is -1.07. The van der Waals surface area contributed by atoms with E-state index in [1.165, 1.54) is 0 Å². The third-order valence-electron chi connectivity index (χ3n) is 2.72. The number of nitrogens with zero attached hydrogens (tertiary/aromatic N) is 1. The van der Waals surface area contributed by atoms with E-state index < -0.39 is 0 Å². The van der Waals surface area contributed by atoms with E-state index in [9.17, 15) is 4.79 Å². The number of halogens is 1. The van der Waals surface area contributed by atoms with Gasteiger partial charge in [-0.2, -0.15) is 0 Å². The molecule has 0 aromatic heterocycles. The summed E-state index contributed by atoms with van der Waals surface area (Å²) in [6, 6.07) is 3.60. The zero-order valence-electron chi connectivity index (χ0n) is 11.1. The molecule has 0 radical (unpaired) electrons. The highest BCUT2D eigenvalue weighted by Crippen LogP contribution is 2.22. The Bertz CT molecular complexity index is 432. The summed E-state index contributed by atoms with van der Waals surface area (Å²) >= 11 is 3.35. The molecule has 5 heteroatoms. The average Bonchev–Trinajstić information content (AvgIpc) is 2.28. The molecule has 3 N–H and O–H groups in total. The number of rotatable bonds is 5. The topological polar surface area (TPSA) is 58.4 Å². The maximum Gasteiger partial charge on any atom is 0.251 e. The van der Waals surface area contributed by atoms with Gasteiger partial charge in [-0.3, -0.25) is 4.79 Å². The van der Waals surface area contributed by atoms with Gasteiger partial charge < -0.3 is 16.0 Å². The van der Waals surface area contributed by atoms with Crippen LogP contribution in [0.4, 0.5) is 5.69 Å². The summed E-state index contributed by atoms with van der Waals surface area (Å²) in [7, 11) is 4.03. The predicted octanol–water partition coefficient (Wildman–Crippen LogP) is 2.02. The van der Waals surface area contributed by atoms with Crippen molar-refractivity contribution in [1.29, 1.82) is 0 Å². The molecule has 0 atom stereocenters. The van der Waals surface area contributed by atoms with E-state index in [1.54, 1.807) is 12.1 Å². The summed E-state index contributed by atoms with van der Waals surface area (Å²) in [6.07, 6.45) is 0.932. The lowest BCUT2D eigenvalue weighted by Gasteiger charge is -2.12. The first-order chi connectivity index (χ1) is 8.41.